The second kappa shape index (κ2) is 8.61. The zero-order valence-electron chi connectivity index (χ0n) is 16.4. The van der Waals surface area contributed by atoms with Crippen LogP contribution < -0.4 is 9.46 Å². The molecule has 0 radical (unpaired) electrons. The van der Waals surface area contributed by atoms with Gasteiger partial charge in [-0.05, 0) is 50.2 Å². The van der Waals surface area contributed by atoms with E-state index in [0.717, 1.165) is 0 Å². The van der Waals surface area contributed by atoms with Crippen molar-refractivity contribution in [3.8, 4) is 5.75 Å². The molecule has 1 N–H and O–H groups in total. The number of methoxy groups -OCH3 is 1. The van der Waals surface area contributed by atoms with E-state index in [1.54, 1.807) is 29.2 Å². The van der Waals surface area contributed by atoms with Gasteiger partial charge in [-0.25, -0.2) is 8.42 Å². The van der Waals surface area contributed by atoms with E-state index in [4.69, 9.17) is 21.1 Å². The zero-order chi connectivity index (χ0) is 21.2. The van der Waals surface area contributed by atoms with Gasteiger partial charge >= 0.3 is 0 Å². The number of hydrogen-bond donors (Lipinski definition) is 1. The molecular weight excluding hydrogens is 416 g/mol. The van der Waals surface area contributed by atoms with Gasteiger partial charge in [-0.3, -0.25) is 9.52 Å². The summed E-state index contributed by atoms with van der Waals surface area (Å²) in [6, 6.07) is 10.6. The van der Waals surface area contributed by atoms with Crippen molar-refractivity contribution in [3.63, 3.8) is 0 Å². The average Bonchev–Trinajstić information content (AvgIpc) is 2.66. The van der Waals surface area contributed by atoms with Crippen LogP contribution in [0.3, 0.4) is 0 Å². The Kier molecular flexibility index (Phi) is 6.36. The van der Waals surface area contributed by atoms with Gasteiger partial charge in [0.25, 0.3) is 15.9 Å². The summed E-state index contributed by atoms with van der Waals surface area (Å²) >= 11 is 5.97. The van der Waals surface area contributed by atoms with Gasteiger partial charge in [0, 0.05) is 23.7 Å². The SMILES string of the molecule is COc1ccc(Cl)cc1NS(=O)(=O)c1cccc(C(=O)N2C[C@@H](C)O[C@@H](C)C2)c1. The Hall–Kier alpha value is -2.29. The lowest BCUT2D eigenvalue weighted by atomic mass is 10.1. The maximum absolute atomic E-state index is 12.9. The summed E-state index contributed by atoms with van der Waals surface area (Å²) < 4.78 is 39.1. The number of hydrogen-bond acceptors (Lipinski definition) is 5. The fraction of sp³-hybridized carbons (Fsp3) is 0.350. The van der Waals surface area contributed by atoms with Gasteiger partial charge in [-0.15, -0.1) is 0 Å². The molecular formula is C20H23ClN2O5S. The van der Waals surface area contributed by atoms with E-state index in [1.807, 2.05) is 13.8 Å². The lowest BCUT2D eigenvalue weighted by molar-refractivity contribution is -0.0586. The van der Waals surface area contributed by atoms with Crippen LogP contribution in [-0.4, -0.2) is 51.6 Å². The van der Waals surface area contributed by atoms with Crippen molar-refractivity contribution in [2.45, 2.75) is 31.0 Å². The highest BCUT2D eigenvalue weighted by Gasteiger charge is 2.27. The summed E-state index contributed by atoms with van der Waals surface area (Å²) in [7, 11) is -2.52. The molecule has 29 heavy (non-hydrogen) atoms. The monoisotopic (exact) mass is 438 g/mol. The molecule has 0 saturated carbocycles. The summed E-state index contributed by atoms with van der Waals surface area (Å²) in [5, 5.41) is 0.364. The third kappa shape index (κ3) is 5.01. The predicted octanol–water partition coefficient (Wildman–Crippen LogP) is 3.40. The molecule has 1 amide bonds. The third-order valence-corrected chi connectivity index (χ3v) is 6.10. The van der Waals surface area contributed by atoms with Crippen LogP contribution in [0.1, 0.15) is 24.2 Å². The summed E-state index contributed by atoms with van der Waals surface area (Å²) in [4.78, 5) is 14.5. The number of ether oxygens (including phenoxy) is 2. The van der Waals surface area contributed by atoms with Gasteiger partial charge in [0.2, 0.25) is 0 Å². The van der Waals surface area contributed by atoms with E-state index in [-0.39, 0.29) is 28.7 Å². The summed E-state index contributed by atoms with van der Waals surface area (Å²) in [5.74, 6) is 0.103. The molecule has 156 valence electrons. The van der Waals surface area contributed by atoms with Crippen LogP contribution in [-0.2, 0) is 14.8 Å². The number of rotatable bonds is 5. The van der Waals surface area contributed by atoms with E-state index in [0.29, 0.717) is 29.4 Å². The molecule has 1 aliphatic rings. The van der Waals surface area contributed by atoms with Crippen LogP contribution in [0.15, 0.2) is 47.4 Å². The molecule has 0 aromatic heterocycles. The van der Waals surface area contributed by atoms with Crippen LogP contribution in [0.2, 0.25) is 5.02 Å². The van der Waals surface area contributed by atoms with Crippen molar-refractivity contribution in [2.75, 3.05) is 24.9 Å². The van der Waals surface area contributed by atoms with E-state index in [2.05, 4.69) is 4.72 Å². The molecule has 1 fully saturated rings. The second-order valence-corrected chi connectivity index (χ2v) is 9.06. The number of nitrogens with zero attached hydrogens (tertiary/aromatic N) is 1. The summed E-state index contributed by atoms with van der Waals surface area (Å²) in [6.07, 6.45) is -0.154. The van der Waals surface area contributed by atoms with Gasteiger partial charge < -0.3 is 14.4 Å². The lowest BCUT2D eigenvalue weighted by Gasteiger charge is -2.35. The first-order chi connectivity index (χ1) is 13.7. The second-order valence-electron chi connectivity index (χ2n) is 6.95. The van der Waals surface area contributed by atoms with Crippen LogP contribution in [0, 0.1) is 0 Å². The molecule has 1 aliphatic heterocycles. The van der Waals surface area contributed by atoms with Gasteiger partial charge in [0.05, 0.1) is 29.9 Å². The Morgan fingerprint density at radius 1 is 1.17 bits per heavy atom. The van der Waals surface area contributed by atoms with Crippen molar-refractivity contribution in [1.29, 1.82) is 0 Å². The maximum atomic E-state index is 12.9. The first-order valence-electron chi connectivity index (χ1n) is 9.11. The largest absolute Gasteiger partial charge is 0.495 e. The third-order valence-electron chi connectivity index (χ3n) is 4.50. The molecule has 9 heteroatoms. The van der Waals surface area contributed by atoms with Crippen LogP contribution in [0.4, 0.5) is 5.69 Å². The zero-order valence-corrected chi connectivity index (χ0v) is 18.0. The Morgan fingerprint density at radius 3 is 2.52 bits per heavy atom. The van der Waals surface area contributed by atoms with E-state index in [9.17, 15) is 13.2 Å². The maximum Gasteiger partial charge on any atom is 0.262 e. The molecule has 2 aromatic carbocycles. The highest BCUT2D eigenvalue weighted by atomic mass is 35.5. The molecule has 0 aliphatic carbocycles. The fourth-order valence-corrected chi connectivity index (χ4v) is 4.57. The quantitative estimate of drug-likeness (QED) is 0.773. The van der Waals surface area contributed by atoms with E-state index in [1.165, 1.54) is 25.3 Å². The van der Waals surface area contributed by atoms with Crippen LogP contribution >= 0.6 is 11.6 Å². The number of morpholine rings is 1. The molecule has 7 nitrogen and oxygen atoms in total. The average molecular weight is 439 g/mol. The van der Waals surface area contributed by atoms with Gasteiger partial charge in [0.1, 0.15) is 5.75 Å². The van der Waals surface area contributed by atoms with E-state index < -0.39 is 10.0 Å². The number of sulfonamides is 1. The van der Waals surface area contributed by atoms with Gasteiger partial charge in [-0.1, -0.05) is 17.7 Å². The molecule has 2 aromatic rings. The van der Waals surface area contributed by atoms with Crippen molar-refractivity contribution in [3.05, 3.63) is 53.1 Å². The lowest BCUT2D eigenvalue weighted by Crippen LogP contribution is -2.48. The van der Waals surface area contributed by atoms with Crippen molar-refractivity contribution in [2.24, 2.45) is 0 Å². The number of anilines is 1. The van der Waals surface area contributed by atoms with Crippen molar-refractivity contribution in [1.82, 2.24) is 4.90 Å². The van der Waals surface area contributed by atoms with Crippen LogP contribution in [0.5, 0.6) is 5.75 Å². The standard InChI is InChI=1S/C20H23ClN2O5S/c1-13-11-23(12-14(2)28-13)20(24)15-5-4-6-17(9-15)29(25,26)22-18-10-16(21)7-8-19(18)27-3/h4-10,13-14,22H,11-12H2,1-3H3/t13-,14+. The number of carbonyl (C=O) groups excluding carboxylic acids is 1. The number of carbonyl (C=O) groups is 1. The number of halogens is 1. The Morgan fingerprint density at radius 2 is 1.86 bits per heavy atom. The summed E-state index contributed by atoms with van der Waals surface area (Å²) in [5.41, 5.74) is 0.514. The van der Waals surface area contributed by atoms with E-state index >= 15 is 0 Å². The number of amides is 1. The molecule has 2 atom stereocenters. The molecule has 0 spiro atoms. The number of benzene rings is 2. The number of nitrogens with one attached hydrogen (secondary N) is 1. The smallest absolute Gasteiger partial charge is 0.262 e. The first kappa shape index (κ1) is 21.4. The Balaban J connectivity index is 1.86. The minimum absolute atomic E-state index is 0.0280. The molecule has 0 bridgehead atoms. The Labute approximate surface area is 175 Å². The summed E-state index contributed by atoms with van der Waals surface area (Å²) in [6.45, 7) is 4.72. The highest BCUT2D eigenvalue weighted by Crippen LogP contribution is 2.30. The minimum atomic E-state index is -3.96. The highest BCUT2D eigenvalue weighted by molar-refractivity contribution is 7.92. The topological polar surface area (TPSA) is 84.9 Å². The van der Waals surface area contributed by atoms with Gasteiger partial charge in [0.15, 0.2) is 0 Å². The fourth-order valence-electron chi connectivity index (χ4n) is 3.29. The van der Waals surface area contributed by atoms with Crippen molar-refractivity contribution >= 4 is 33.2 Å². The van der Waals surface area contributed by atoms with Crippen LogP contribution in [0.25, 0.3) is 0 Å². The molecule has 3 rings (SSSR count). The molecule has 1 heterocycles. The van der Waals surface area contributed by atoms with Crippen molar-refractivity contribution < 1.29 is 22.7 Å². The molecule has 1 saturated heterocycles. The normalized spacial score (nSPS) is 19.7. The molecule has 0 unspecified atom stereocenters. The first-order valence-corrected chi connectivity index (χ1v) is 11.0. The van der Waals surface area contributed by atoms with Gasteiger partial charge in [-0.2, -0.15) is 0 Å². The Bertz CT molecular complexity index is 1000. The minimum Gasteiger partial charge on any atom is -0.495 e. The predicted molar refractivity (Wildman–Crippen MR) is 111 cm³/mol.